The van der Waals surface area contributed by atoms with E-state index < -0.39 is 0 Å². The Morgan fingerprint density at radius 2 is 1.83 bits per heavy atom. The quantitative estimate of drug-likeness (QED) is 0.906. The molecule has 0 unspecified atom stereocenters. The number of fused-ring (bicyclic) bond motifs is 3. The first kappa shape index (κ1) is 14.3. The molecule has 2 heteroatoms. The fraction of sp³-hybridized carbons (Fsp3) is 0.286. The second-order valence-corrected chi connectivity index (χ2v) is 6.72. The van der Waals surface area contributed by atoms with Gasteiger partial charge in [-0.25, -0.2) is 0 Å². The summed E-state index contributed by atoms with van der Waals surface area (Å²) in [4.78, 5) is 12.0. The average molecular weight is 304 g/mol. The Labute approximate surface area is 136 Å². The van der Waals surface area contributed by atoms with E-state index in [1.165, 1.54) is 22.3 Å². The minimum Gasteiger partial charge on any atom is -0.508 e. The van der Waals surface area contributed by atoms with Gasteiger partial charge in [-0.3, -0.25) is 4.79 Å². The highest BCUT2D eigenvalue weighted by molar-refractivity contribution is 5.92. The molecule has 0 saturated carbocycles. The van der Waals surface area contributed by atoms with Crippen molar-refractivity contribution in [2.75, 3.05) is 0 Å². The lowest BCUT2D eigenvalue weighted by Gasteiger charge is -2.44. The van der Waals surface area contributed by atoms with Crippen LogP contribution in [-0.2, 0) is 23.1 Å². The predicted octanol–water partition coefficient (Wildman–Crippen LogP) is 4.11. The number of aryl methyl sites for hydroxylation is 1. The van der Waals surface area contributed by atoms with E-state index in [1.54, 1.807) is 6.07 Å². The van der Waals surface area contributed by atoms with Crippen LogP contribution in [0.4, 0.5) is 0 Å². The standard InChI is InChI=1S/C21H20O2/c22-18-8-9-20-16(12-18)6-7-17-13-19(23)10-11-21(17,20)14-15-4-2-1-3-5-15/h1-5,8-9,12-13,22H,6-7,10-11,14H2/t21-/m1/s1. The van der Waals surface area contributed by atoms with Crippen LogP contribution < -0.4 is 0 Å². The smallest absolute Gasteiger partial charge is 0.155 e. The number of hydrogen-bond acceptors (Lipinski definition) is 2. The van der Waals surface area contributed by atoms with Gasteiger partial charge in [0.25, 0.3) is 0 Å². The molecule has 0 spiro atoms. The van der Waals surface area contributed by atoms with E-state index in [-0.39, 0.29) is 11.2 Å². The molecule has 2 aliphatic carbocycles. The predicted molar refractivity (Wildman–Crippen MR) is 90.6 cm³/mol. The van der Waals surface area contributed by atoms with Crippen LogP contribution in [0.25, 0.3) is 0 Å². The molecular weight excluding hydrogens is 284 g/mol. The van der Waals surface area contributed by atoms with E-state index >= 15 is 0 Å². The molecule has 0 aromatic heterocycles. The number of carbonyl (C=O) groups excluding carboxylic acids is 1. The first-order valence-corrected chi connectivity index (χ1v) is 8.28. The summed E-state index contributed by atoms with van der Waals surface area (Å²) in [5.74, 6) is 0.587. The van der Waals surface area contributed by atoms with Crippen LogP contribution >= 0.6 is 0 Å². The van der Waals surface area contributed by atoms with Crippen LogP contribution in [0.2, 0.25) is 0 Å². The molecule has 0 saturated heterocycles. The zero-order valence-corrected chi connectivity index (χ0v) is 13.1. The Balaban J connectivity index is 1.88. The molecule has 2 aliphatic rings. The maximum atomic E-state index is 12.0. The minimum absolute atomic E-state index is 0.0868. The number of ketones is 1. The van der Waals surface area contributed by atoms with Crippen molar-refractivity contribution in [2.45, 2.75) is 37.5 Å². The largest absolute Gasteiger partial charge is 0.508 e. The third-order valence-corrected chi connectivity index (χ3v) is 5.36. The zero-order valence-electron chi connectivity index (χ0n) is 13.1. The molecule has 1 atom stereocenters. The first-order chi connectivity index (χ1) is 11.2. The van der Waals surface area contributed by atoms with Gasteiger partial charge in [0.2, 0.25) is 0 Å². The van der Waals surface area contributed by atoms with Gasteiger partial charge in [-0.2, -0.15) is 0 Å². The van der Waals surface area contributed by atoms with Gasteiger partial charge in [0.1, 0.15) is 5.75 Å². The van der Waals surface area contributed by atoms with E-state index in [9.17, 15) is 9.90 Å². The van der Waals surface area contributed by atoms with Gasteiger partial charge in [0.15, 0.2) is 5.78 Å². The monoisotopic (exact) mass is 304 g/mol. The maximum Gasteiger partial charge on any atom is 0.155 e. The van der Waals surface area contributed by atoms with Crippen LogP contribution in [-0.4, -0.2) is 10.9 Å². The van der Waals surface area contributed by atoms with Crippen molar-refractivity contribution in [1.82, 2.24) is 0 Å². The van der Waals surface area contributed by atoms with Gasteiger partial charge in [0, 0.05) is 11.8 Å². The number of phenols is 1. The van der Waals surface area contributed by atoms with E-state index in [0.717, 1.165) is 25.7 Å². The van der Waals surface area contributed by atoms with Crippen molar-refractivity contribution in [3.05, 3.63) is 76.9 Å². The van der Waals surface area contributed by atoms with Crippen LogP contribution in [0.3, 0.4) is 0 Å². The van der Waals surface area contributed by atoms with E-state index in [4.69, 9.17) is 0 Å². The fourth-order valence-electron chi connectivity index (χ4n) is 4.29. The van der Waals surface area contributed by atoms with Crippen molar-refractivity contribution in [3.8, 4) is 5.75 Å². The second-order valence-electron chi connectivity index (χ2n) is 6.72. The van der Waals surface area contributed by atoms with Crippen molar-refractivity contribution in [2.24, 2.45) is 0 Å². The van der Waals surface area contributed by atoms with Crippen molar-refractivity contribution in [1.29, 1.82) is 0 Å². The Hall–Kier alpha value is -2.35. The van der Waals surface area contributed by atoms with Gasteiger partial charge in [-0.1, -0.05) is 42.0 Å². The van der Waals surface area contributed by atoms with Gasteiger partial charge in [0.05, 0.1) is 0 Å². The minimum atomic E-state index is -0.0868. The van der Waals surface area contributed by atoms with Crippen LogP contribution in [0.1, 0.15) is 36.0 Å². The lowest BCUT2D eigenvalue weighted by Crippen LogP contribution is -2.39. The van der Waals surface area contributed by atoms with Gasteiger partial charge >= 0.3 is 0 Å². The highest BCUT2D eigenvalue weighted by atomic mass is 16.3. The summed E-state index contributed by atoms with van der Waals surface area (Å²) in [6.45, 7) is 0. The number of phenolic OH excluding ortho intramolecular Hbond substituents is 1. The second kappa shape index (κ2) is 5.38. The van der Waals surface area contributed by atoms with E-state index in [0.29, 0.717) is 12.2 Å². The zero-order chi connectivity index (χ0) is 15.9. The lowest BCUT2D eigenvalue weighted by atomic mass is 9.59. The van der Waals surface area contributed by atoms with E-state index in [1.807, 2.05) is 18.2 Å². The molecule has 1 N–H and O–H groups in total. The number of benzene rings is 2. The summed E-state index contributed by atoms with van der Waals surface area (Å²) >= 11 is 0. The van der Waals surface area contributed by atoms with Crippen molar-refractivity contribution >= 4 is 5.78 Å². The van der Waals surface area contributed by atoms with Gasteiger partial charge in [-0.05, 0) is 60.6 Å². The molecule has 0 heterocycles. The highest BCUT2D eigenvalue weighted by Crippen LogP contribution is 2.49. The molecule has 116 valence electrons. The number of carbonyl (C=O) groups is 1. The molecule has 0 amide bonds. The number of hydrogen-bond donors (Lipinski definition) is 1. The fourth-order valence-corrected chi connectivity index (χ4v) is 4.29. The summed E-state index contributed by atoms with van der Waals surface area (Å²) < 4.78 is 0. The molecule has 0 radical (unpaired) electrons. The normalized spacial score (nSPS) is 23.0. The Bertz CT molecular complexity index is 789. The van der Waals surface area contributed by atoms with Crippen LogP contribution in [0, 0.1) is 0 Å². The van der Waals surface area contributed by atoms with Gasteiger partial charge < -0.3 is 5.11 Å². The van der Waals surface area contributed by atoms with Crippen LogP contribution in [0.5, 0.6) is 5.75 Å². The molecule has 2 aromatic carbocycles. The average Bonchev–Trinajstić information content (AvgIpc) is 2.56. The van der Waals surface area contributed by atoms with Crippen molar-refractivity contribution in [3.63, 3.8) is 0 Å². The Morgan fingerprint density at radius 1 is 1.00 bits per heavy atom. The number of rotatable bonds is 2. The third-order valence-electron chi connectivity index (χ3n) is 5.36. The molecular formula is C21H20O2. The summed E-state index contributed by atoms with van der Waals surface area (Å²) in [6, 6.07) is 16.3. The molecule has 23 heavy (non-hydrogen) atoms. The molecule has 0 bridgehead atoms. The van der Waals surface area contributed by atoms with E-state index in [2.05, 4.69) is 30.3 Å². The molecule has 2 nitrogen and oxygen atoms in total. The summed E-state index contributed by atoms with van der Waals surface area (Å²) in [5, 5.41) is 9.83. The Kier molecular flexibility index (Phi) is 3.33. The third kappa shape index (κ3) is 2.39. The number of allylic oxidation sites excluding steroid dienone is 2. The Morgan fingerprint density at radius 3 is 2.65 bits per heavy atom. The SMILES string of the molecule is O=C1C=C2CCc3cc(O)ccc3[C@@]2(Cc2ccccc2)CC1. The molecule has 4 rings (SSSR count). The van der Waals surface area contributed by atoms with Gasteiger partial charge in [-0.15, -0.1) is 0 Å². The maximum absolute atomic E-state index is 12.0. The summed E-state index contributed by atoms with van der Waals surface area (Å²) in [7, 11) is 0. The molecule has 2 aromatic rings. The summed E-state index contributed by atoms with van der Waals surface area (Å²) in [5.41, 5.74) is 5.01. The first-order valence-electron chi connectivity index (χ1n) is 8.28. The molecule has 0 fully saturated rings. The molecule has 0 aliphatic heterocycles. The topological polar surface area (TPSA) is 37.3 Å². The highest BCUT2D eigenvalue weighted by Gasteiger charge is 2.42. The lowest BCUT2D eigenvalue weighted by molar-refractivity contribution is -0.115. The summed E-state index contributed by atoms with van der Waals surface area (Å²) in [6.07, 6.45) is 6.10. The van der Waals surface area contributed by atoms with Crippen LogP contribution in [0.15, 0.2) is 60.2 Å². The van der Waals surface area contributed by atoms with Crippen molar-refractivity contribution < 1.29 is 9.90 Å². The number of aromatic hydroxyl groups is 1.